The first-order valence-corrected chi connectivity index (χ1v) is 12.2. The molecule has 2 N–H and O–H groups in total. The first-order valence-electron chi connectivity index (χ1n) is 12.2. The van der Waals surface area contributed by atoms with Crippen molar-refractivity contribution in [1.82, 2.24) is 15.2 Å². The van der Waals surface area contributed by atoms with E-state index >= 15 is 0 Å². The molecule has 3 aromatic rings. The van der Waals surface area contributed by atoms with E-state index in [4.69, 9.17) is 4.74 Å². The van der Waals surface area contributed by atoms with Crippen LogP contribution < -0.4 is 5.32 Å². The third-order valence-electron chi connectivity index (χ3n) is 6.70. The number of benzene rings is 2. The predicted octanol–water partition coefficient (Wildman–Crippen LogP) is 5.07. The van der Waals surface area contributed by atoms with Gasteiger partial charge in [0.25, 0.3) is 5.91 Å². The Morgan fingerprint density at radius 1 is 1.14 bits per heavy atom. The van der Waals surface area contributed by atoms with Crippen molar-refractivity contribution in [3.8, 4) is 11.3 Å². The van der Waals surface area contributed by atoms with Gasteiger partial charge in [-0.3, -0.25) is 9.78 Å². The molecule has 0 bridgehead atoms. The molecule has 2 heterocycles. The minimum absolute atomic E-state index is 0.175. The maximum absolute atomic E-state index is 13.3. The van der Waals surface area contributed by atoms with E-state index in [1.165, 1.54) is 0 Å². The van der Waals surface area contributed by atoms with E-state index in [9.17, 15) is 14.7 Å². The highest BCUT2D eigenvalue weighted by molar-refractivity contribution is 5.93. The largest absolute Gasteiger partial charge is 0.438 e. The molecule has 36 heavy (non-hydrogen) atoms. The Balaban J connectivity index is 1.50. The zero-order valence-corrected chi connectivity index (χ0v) is 21.2. The van der Waals surface area contributed by atoms with Gasteiger partial charge in [0, 0.05) is 38.2 Å². The van der Waals surface area contributed by atoms with Gasteiger partial charge in [-0.2, -0.15) is 0 Å². The average Bonchev–Trinajstić information content (AvgIpc) is 2.88. The molecule has 7 heteroatoms. The summed E-state index contributed by atoms with van der Waals surface area (Å²) in [6.07, 6.45) is 2.06. The molecule has 1 fully saturated rings. The van der Waals surface area contributed by atoms with Gasteiger partial charge < -0.3 is 20.1 Å². The number of hydrogen-bond donors (Lipinski definition) is 2. The molecule has 1 saturated heterocycles. The zero-order chi connectivity index (χ0) is 25.9. The second-order valence-electron chi connectivity index (χ2n) is 9.97. The van der Waals surface area contributed by atoms with Crippen LogP contribution in [0.2, 0.25) is 0 Å². The van der Waals surface area contributed by atoms with E-state index in [0.29, 0.717) is 24.9 Å². The van der Waals surface area contributed by atoms with Crippen LogP contribution in [0.1, 0.15) is 61.1 Å². The highest BCUT2D eigenvalue weighted by Crippen LogP contribution is 2.42. The molecule has 2 amide bonds. The van der Waals surface area contributed by atoms with Crippen molar-refractivity contribution < 1.29 is 19.4 Å². The Hall–Kier alpha value is -3.71. The molecule has 0 aliphatic carbocycles. The van der Waals surface area contributed by atoms with E-state index < -0.39 is 17.3 Å². The van der Waals surface area contributed by atoms with E-state index in [1.807, 2.05) is 67.6 Å². The summed E-state index contributed by atoms with van der Waals surface area (Å²) in [5.41, 5.74) is 2.20. The first kappa shape index (κ1) is 25.4. The monoisotopic (exact) mass is 487 g/mol. The summed E-state index contributed by atoms with van der Waals surface area (Å²) in [6.45, 7) is 5.97. The number of nitrogens with zero attached hydrogens (tertiary/aromatic N) is 2. The molecular formula is C29H33N3O4. The number of aliphatic hydroxyl groups is 1. The lowest BCUT2D eigenvalue weighted by Gasteiger charge is -2.45. The summed E-state index contributed by atoms with van der Waals surface area (Å²) in [7, 11) is 1.59. The molecule has 0 spiro atoms. The second kappa shape index (κ2) is 10.1. The van der Waals surface area contributed by atoms with Crippen LogP contribution in [0.4, 0.5) is 4.79 Å². The summed E-state index contributed by atoms with van der Waals surface area (Å²) in [6, 6.07) is 20.9. The summed E-state index contributed by atoms with van der Waals surface area (Å²) >= 11 is 0. The quantitative estimate of drug-likeness (QED) is 0.486. The normalized spacial score (nSPS) is 18.9. The highest BCUT2D eigenvalue weighted by atomic mass is 16.6. The van der Waals surface area contributed by atoms with Gasteiger partial charge in [0.2, 0.25) is 0 Å². The molecule has 0 radical (unpaired) electrons. The van der Waals surface area contributed by atoms with E-state index in [-0.39, 0.29) is 11.9 Å². The topological polar surface area (TPSA) is 91.8 Å². The molecule has 0 saturated carbocycles. The lowest BCUT2D eigenvalue weighted by molar-refractivity contribution is -0.101. The Labute approximate surface area is 212 Å². The SMILES string of the molecule is CNC(=O)c1ccc(-c2ccc([C@H](C)N3CC[C@](CC(C)(C)O)(c4ccccc4)OC3=O)cc2)nc1. The number of carbonyl (C=O) groups is 2. The van der Waals surface area contributed by atoms with Crippen molar-refractivity contribution >= 4 is 12.0 Å². The lowest BCUT2D eigenvalue weighted by Crippen LogP contribution is -2.51. The fourth-order valence-electron chi connectivity index (χ4n) is 4.85. The van der Waals surface area contributed by atoms with Crippen molar-refractivity contribution in [3.63, 3.8) is 0 Å². The van der Waals surface area contributed by atoms with Crippen molar-refractivity contribution in [1.29, 1.82) is 0 Å². The maximum atomic E-state index is 13.3. The fraction of sp³-hybridized carbons (Fsp3) is 0.345. The number of nitrogens with one attached hydrogen (secondary N) is 1. The van der Waals surface area contributed by atoms with E-state index in [1.54, 1.807) is 38.1 Å². The molecular weight excluding hydrogens is 454 g/mol. The Kier molecular flexibility index (Phi) is 7.13. The van der Waals surface area contributed by atoms with Crippen LogP contribution in [0.5, 0.6) is 0 Å². The van der Waals surface area contributed by atoms with Gasteiger partial charge in [0.1, 0.15) is 5.60 Å². The van der Waals surface area contributed by atoms with Crippen LogP contribution in [0.3, 0.4) is 0 Å². The lowest BCUT2D eigenvalue weighted by atomic mass is 9.80. The number of amides is 2. The molecule has 1 aliphatic heterocycles. The number of carbonyl (C=O) groups excluding carboxylic acids is 2. The van der Waals surface area contributed by atoms with Gasteiger partial charge in [0.05, 0.1) is 22.9 Å². The third-order valence-corrected chi connectivity index (χ3v) is 6.70. The molecule has 1 aliphatic rings. The molecule has 188 valence electrons. The Morgan fingerprint density at radius 2 is 1.83 bits per heavy atom. The predicted molar refractivity (Wildman–Crippen MR) is 138 cm³/mol. The van der Waals surface area contributed by atoms with Gasteiger partial charge >= 0.3 is 6.09 Å². The number of hydrogen-bond acceptors (Lipinski definition) is 5. The molecule has 2 aromatic carbocycles. The molecule has 0 unspecified atom stereocenters. The standard InChI is InChI=1S/C29H33N3O4/c1-20(21-10-12-22(13-11-21)25-15-14-23(18-31-25)26(33)30-4)32-17-16-29(36-27(32)34,19-28(2,3)35)24-8-6-5-7-9-24/h5-15,18,20,35H,16-17,19H2,1-4H3,(H,30,33)/t20-,29-/m0/s1. The summed E-state index contributed by atoms with van der Waals surface area (Å²) in [5, 5.41) is 13.2. The maximum Gasteiger partial charge on any atom is 0.411 e. The first-order chi connectivity index (χ1) is 17.1. The zero-order valence-electron chi connectivity index (χ0n) is 21.2. The van der Waals surface area contributed by atoms with Crippen molar-refractivity contribution in [2.24, 2.45) is 0 Å². The number of aromatic nitrogens is 1. The number of ether oxygens (including phenoxy) is 1. The van der Waals surface area contributed by atoms with Gasteiger partial charge in [-0.1, -0.05) is 54.6 Å². The molecule has 4 rings (SSSR count). The van der Waals surface area contributed by atoms with Crippen LogP contribution in [-0.4, -0.2) is 46.2 Å². The van der Waals surface area contributed by atoms with E-state index in [2.05, 4.69) is 10.3 Å². The molecule has 1 aromatic heterocycles. The summed E-state index contributed by atoms with van der Waals surface area (Å²) in [5.74, 6) is -0.175. The van der Waals surface area contributed by atoms with E-state index in [0.717, 1.165) is 22.4 Å². The Morgan fingerprint density at radius 3 is 2.39 bits per heavy atom. The summed E-state index contributed by atoms with van der Waals surface area (Å²) in [4.78, 5) is 31.1. The smallest absolute Gasteiger partial charge is 0.411 e. The number of cyclic esters (lactones) is 1. The van der Waals surface area contributed by atoms with Gasteiger partial charge in [-0.05, 0) is 44.0 Å². The van der Waals surface area contributed by atoms with Gasteiger partial charge in [-0.15, -0.1) is 0 Å². The van der Waals surface area contributed by atoms with Crippen molar-refractivity contribution in [2.45, 2.75) is 50.9 Å². The van der Waals surface area contributed by atoms with Crippen LogP contribution in [0.25, 0.3) is 11.3 Å². The highest BCUT2D eigenvalue weighted by Gasteiger charge is 2.46. The minimum atomic E-state index is -0.994. The van der Waals surface area contributed by atoms with Crippen molar-refractivity contribution in [2.75, 3.05) is 13.6 Å². The molecule has 2 atom stereocenters. The van der Waals surface area contributed by atoms with Gasteiger partial charge in [-0.25, -0.2) is 4.79 Å². The van der Waals surface area contributed by atoms with Crippen molar-refractivity contribution in [3.05, 3.63) is 89.6 Å². The second-order valence-corrected chi connectivity index (χ2v) is 9.97. The number of pyridine rings is 1. The molecule has 7 nitrogen and oxygen atoms in total. The average molecular weight is 488 g/mol. The minimum Gasteiger partial charge on any atom is -0.438 e. The summed E-state index contributed by atoms with van der Waals surface area (Å²) < 4.78 is 6.11. The Bertz CT molecular complexity index is 1200. The van der Waals surface area contributed by atoms with Crippen LogP contribution >= 0.6 is 0 Å². The fourth-order valence-corrected chi connectivity index (χ4v) is 4.85. The van der Waals surface area contributed by atoms with Gasteiger partial charge in [0.15, 0.2) is 0 Å². The third kappa shape index (κ3) is 5.41. The van der Waals surface area contributed by atoms with Crippen LogP contribution in [0.15, 0.2) is 72.9 Å². The van der Waals surface area contributed by atoms with Crippen LogP contribution in [0, 0.1) is 0 Å². The number of rotatable bonds is 7. The van der Waals surface area contributed by atoms with Crippen LogP contribution in [-0.2, 0) is 10.3 Å².